The van der Waals surface area contributed by atoms with Gasteiger partial charge in [0.05, 0.1) is 17.8 Å². The van der Waals surface area contributed by atoms with Crippen LogP contribution in [0.4, 0.5) is 26.3 Å². The number of hydrogen-bond acceptors (Lipinski definition) is 4. The summed E-state index contributed by atoms with van der Waals surface area (Å²) in [5.41, 5.74) is -1.03. The fraction of sp³-hybridized carbons (Fsp3) is 0.357. The van der Waals surface area contributed by atoms with Crippen molar-refractivity contribution >= 4 is 0 Å². The molecule has 1 aromatic carbocycles. The molecule has 0 N–H and O–H groups in total. The van der Waals surface area contributed by atoms with E-state index in [0.717, 1.165) is 65.2 Å². The Balaban J connectivity index is 0.000000398. The molecule has 0 amide bonds. The van der Waals surface area contributed by atoms with Gasteiger partial charge in [-0.15, -0.1) is 5.10 Å². The lowest BCUT2D eigenvalue weighted by Crippen LogP contribution is -2.31. The molecule has 5 rings (SSSR count). The monoisotopic (exact) mass is 563 g/mol. The summed E-state index contributed by atoms with van der Waals surface area (Å²) in [5, 5.41) is 7.99. The summed E-state index contributed by atoms with van der Waals surface area (Å²) in [6.45, 7) is 1.32. The highest BCUT2D eigenvalue weighted by Gasteiger charge is 2.34. The lowest BCUT2D eigenvalue weighted by Gasteiger charge is -2.23. The maximum Gasteiger partial charge on any atom is 0.418 e. The van der Waals surface area contributed by atoms with Crippen molar-refractivity contribution in [2.45, 2.75) is 64.1 Å². The van der Waals surface area contributed by atoms with Crippen LogP contribution in [0.25, 0.3) is 5.82 Å². The van der Waals surface area contributed by atoms with Crippen LogP contribution in [0.3, 0.4) is 0 Å². The van der Waals surface area contributed by atoms with E-state index in [1.807, 2.05) is 13.0 Å². The fourth-order valence-electron chi connectivity index (χ4n) is 4.70. The first-order chi connectivity index (χ1) is 19.0. The Bertz CT molecular complexity index is 1470. The molecule has 1 aliphatic carbocycles. The molecular formula is C28H27F6N5O. The molecule has 1 fully saturated rings. The van der Waals surface area contributed by atoms with Crippen LogP contribution in [0.1, 0.15) is 72.5 Å². The number of aryl methyl sites for hydroxylation is 1. The summed E-state index contributed by atoms with van der Waals surface area (Å²) >= 11 is 0. The van der Waals surface area contributed by atoms with Gasteiger partial charge in [-0.2, -0.15) is 18.3 Å². The van der Waals surface area contributed by atoms with E-state index in [0.29, 0.717) is 5.56 Å². The second-order valence-electron chi connectivity index (χ2n) is 9.52. The Morgan fingerprint density at radius 2 is 1.75 bits per heavy atom. The topological polar surface area (TPSA) is 65.6 Å². The zero-order valence-electron chi connectivity index (χ0n) is 21.6. The molecule has 1 aliphatic rings. The summed E-state index contributed by atoms with van der Waals surface area (Å²) in [6.07, 6.45) is -0.821. The number of alkyl halides is 5. The molecule has 0 radical (unpaired) electrons. The van der Waals surface area contributed by atoms with Gasteiger partial charge in [-0.1, -0.05) is 31.4 Å². The van der Waals surface area contributed by atoms with Gasteiger partial charge in [0.2, 0.25) is 0 Å². The van der Waals surface area contributed by atoms with E-state index in [1.165, 1.54) is 30.6 Å². The van der Waals surface area contributed by atoms with Crippen LogP contribution in [0, 0.1) is 12.7 Å². The molecule has 1 saturated carbocycles. The predicted octanol–water partition coefficient (Wildman–Crippen LogP) is 7.01. The Morgan fingerprint density at radius 1 is 1.00 bits per heavy atom. The van der Waals surface area contributed by atoms with Crippen molar-refractivity contribution in [1.29, 1.82) is 0 Å². The normalized spacial score (nSPS) is 14.2. The number of halogens is 6. The highest BCUT2D eigenvalue weighted by atomic mass is 19.4. The van der Waals surface area contributed by atoms with Gasteiger partial charge < -0.3 is 0 Å². The number of nitrogens with zero attached hydrogens (tertiary/aromatic N) is 5. The molecule has 0 unspecified atom stereocenters. The summed E-state index contributed by atoms with van der Waals surface area (Å²) in [5.74, 6) is -0.333. The molecule has 0 atom stereocenters. The first-order valence-electron chi connectivity index (χ1n) is 12.7. The van der Waals surface area contributed by atoms with Crippen LogP contribution in [-0.2, 0) is 12.7 Å². The van der Waals surface area contributed by atoms with Crippen LogP contribution >= 0.6 is 0 Å². The standard InChI is InChI=1S/C21H20F5N5O.C7H7F/c22-19(23)17-8-10-28-31(17)18-11-14(13-5-2-1-3-6-13)20(32)30(29-18)12-16-15(21(24,25)26)7-4-9-27-16;1-6-3-2-4-7(8)5-6/h4,7-11,13,19H,1-3,5-6,12H2;2-5H,1H3. The lowest BCUT2D eigenvalue weighted by atomic mass is 9.85. The quantitative estimate of drug-likeness (QED) is 0.245. The summed E-state index contributed by atoms with van der Waals surface area (Å²) in [4.78, 5) is 17.0. The van der Waals surface area contributed by atoms with Crippen molar-refractivity contribution < 1.29 is 26.3 Å². The first-order valence-corrected chi connectivity index (χ1v) is 12.7. The number of rotatable bonds is 5. The second kappa shape index (κ2) is 12.5. The van der Waals surface area contributed by atoms with Crippen LogP contribution in [0.2, 0.25) is 0 Å². The third-order valence-electron chi connectivity index (χ3n) is 6.62. The molecule has 212 valence electrons. The Labute approximate surface area is 226 Å². The van der Waals surface area contributed by atoms with Crippen molar-refractivity contribution in [3.8, 4) is 5.82 Å². The molecule has 6 nitrogen and oxygen atoms in total. The van der Waals surface area contributed by atoms with Gasteiger partial charge in [0.15, 0.2) is 5.82 Å². The third kappa shape index (κ3) is 6.97. The average molecular weight is 564 g/mol. The van der Waals surface area contributed by atoms with Crippen molar-refractivity contribution in [3.05, 3.63) is 105 Å². The van der Waals surface area contributed by atoms with E-state index in [1.54, 1.807) is 6.07 Å². The highest BCUT2D eigenvalue weighted by Crippen LogP contribution is 2.33. The molecule has 40 heavy (non-hydrogen) atoms. The largest absolute Gasteiger partial charge is 0.418 e. The smallest absolute Gasteiger partial charge is 0.267 e. The molecule has 0 bridgehead atoms. The maximum absolute atomic E-state index is 13.4. The average Bonchev–Trinajstić information content (AvgIpc) is 3.41. The van der Waals surface area contributed by atoms with Crippen molar-refractivity contribution in [2.75, 3.05) is 0 Å². The summed E-state index contributed by atoms with van der Waals surface area (Å²) in [6, 6.07) is 11.1. The Morgan fingerprint density at radius 3 is 2.38 bits per heavy atom. The third-order valence-corrected chi connectivity index (χ3v) is 6.62. The molecule has 3 aromatic heterocycles. The Kier molecular flexibility index (Phi) is 9.06. The van der Waals surface area contributed by atoms with Gasteiger partial charge in [0, 0.05) is 18.0 Å². The highest BCUT2D eigenvalue weighted by molar-refractivity contribution is 5.31. The summed E-state index contributed by atoms with van der Waals surface area (Å²) < 4.78 is 81.1. The van der Waals surface area contributed by atoms with E-state index < -0.39 is 36.0 Å². The molecule has 0 aliphatic heterocycles. The van der Waals surface area contributed by atoms with E-state index in [4.69, 9.17) is 0 Å². The first kappa shape index (κ1) is 29.0. The molecule has 12 heteroatoms. The van der Waals surface area contributed by atoms with Gasteiger partial charge in [-0.3, -0.25) is 9.78 Å². The van der Waals surface area contributed by atoms with E-state index in [-0.39, 0.29) is 23.2 Å². The van der Waals surface area contributed by atoms with Gasteiger partial charge in [0.1, 0.15) is 11.5 Å². The molecule has 0 spiro atoms. The van der Waals surface area contributed by atoms with Crippen molar-refractivity contribution in [2.24, 2.45) is 0 Å². The van der Waals surface area contributed by atoms with E-state index >= 15 is 0 Å². The van der Waals surface area contributed by atoms with Crippen molar-refractivity contribution in [1.82, 2.24) is 24.5 Å². The Hall–Kier alpha value is -3.96. The molecule has 0 saturated heterocycles. The minimum atomic E-state index is -4.66. The van der Waals surface area contributed by atoms with Crippen molar-refractivity contribution in [3.63, 3.8) is 0 Å². The second-order valence-corrected chi connectivity index (χ2v) is 9.52. The number of hydrogen-bond donors (Lipinski definition) is 0. The van der Waals surface area contributed by atoms with E-state index in [9.17, 15) is 31.1 Å². The number of aromatic nitrogens is 5. The summed E-state index contributed by atoms with van der Waals surface area (Å²) in [7, 11) is 0. The predicted molar refractivity (Wildman–Crippen MR) is 136 cm³/mol. The van der Waals surface area contributed by atoms with Crippen LogP contribution in [0.15, 0.2) is 65.7 Å². The zero-order valence-corrected chi connectivity index (χ0v) is 21.6. The molecule has 3 heterocycles. The van der Waals surface area contributed by atoms with Crippen LogP contribution in [-0.4, -0.2) is 24.5 Å². The number of pyridine rings is 1. The lowest BCUT2D eigenvalue weighted by molar-refractivity contribution is -0.138. The zero-order chi connectivity index (χ0) is 28.9. The van der Waals surface area contributed by atoms with Crippen LogP contribution < -0.4 is 5.56 Å². The van der Waals surface area contributed by atoms with Gasteiger partial charge in [0.25, 0.3) is 12.0 Å². The maximum atomic E-state index is 13.4. The van der Waals surface area contributed by atoms with E-state index in [2.05, 4.69) is 15.2 Å². The van der Waals surface area contributed by atoms with Gasteiger partial charge in [-0.05, 0) is 67.6 Å². The fourth-order valence-corrected chi connectivity index (χ4v) is 4.70. The molecule has 4 aromatic rings. The number of benzene rings is 1. The van der Waals surface area contributed by atoms with Gasteiger partial charge >= 0.3 is 6.18 Å². The van der Waals surface area contributed by atoms with Gasteiger partial charge in [-0.25, -0.2) is 22.5 Å². The minimum Gasteiger partial charge on any atom is -0.267 e. The SMILES string of the molecule is Cc1cccc(F)c1.O=c1c(C2CCCCC2)cc(-n2nccc2C(F)F)nn1Cc1ncccc1C(F)(F)F. The minimum absolute atomic E-state index is 0.0463. The van der Waals surface area contributed by atoms with Crippen LogP contribution in [0.5, 0.6) is 0 Å². The molecular weight excluding hydrogens is 536 g/mol.